The lowest BCUT2D eigenvalue weighted by atomic mass is 10.1. The second-order valence-corrected chi connectivity index (χ2v) is 5.21. The van der Waals surface area contributed by atoms with Crippen LogP contribution in [0.5, 0.6) is 5.75 Å². The summed E-state index contributed by atoms with van der Waals surface area (Å²) < 4.78 is 31.5. The first-order valence-corrected chi connectivity index (χ1v) is 7.67. The SMILES string of the molecule is COc1ccccc1CCNC(=O)CCNc1ccc(F)cc1F. The van der Waals surface area contributed by atoms with E-state index in [2.05, 4.69) is 10.6 Å². The average molecular weight is 334 g/mol. The molecule has 24 heavy (non-hydrogen) atoms. The topological polar surface area (TPSA) is 50.4 Å². The van der Waals surface area contributed by atoms with E-state index in [-0.39, 0.29) is 24.6 Å². The van der Waals surface area contributed by atoms with Crippen LogP contribution in [0.15, 0.2) is 42.5 Å². The van der Waals surface area contributed by atoms with E-state index in [9.17, 15) is 13.6 Å². The number of rotatable bonds is 8. The van der Waals surface area contributed by atoms with Gasteiger partial charge in [0, 0.05) is 25.6 Å². The van der Waals surface area contributed by atoms with Crippen LogP contribution in [-0.4, -0.2) is 26.1 Å². The minimum absolute atomic E-state index is 0.139. The number of ether oxygens (including phenoxy) is 1. The highest BCUT2D eigenvalue weighted by Gasteiger charge is 2.06. The molecule has 0 heterocycles. The molecule has 0 atom stereocenters. The summed E-state index contributed by atoms with van der Waals surface area (Å²) in [4.78, 5) is 11.8. The lowest BCUT2D eigenvalue weighted by Crippen LogP contribution is -2.27. The first kappa shape index (κ1) is 17.7. The van der Waals surface area contributed by atoms with Gasteiger partial charge in [0.15, 0.2) is 0 Å². The molecule has 0 aliphatic heterocycles. The van der Waals surface area contributed by atoms with Crippen molar-refractivity contribution in [1.29, 1.82) is 0 Å². The molecule has 4 nitrogen and oxygen atoms in total. The fourth-order valence-corrected chi connectivity index (χ4v) is 2.28. The maximum atomic E-state index is 13.4. The fraction of sp³-hybridized carbons (Fsp3) is 0.278. The average Bonchev–Trinajstić information content (AvgIpc) is 2.57. The molecule has 0 aliphatic carbocycles. The Morgan fingerprint density at radius 3 is 2.67 bits per heavy atom. The van der Waals surface area contributed by atoms with E-state index in [0.29, 0.717) is 13.0 Å². The molecule has 0 aromatic heterocycles. The van der Waals surface area contributed by atoms with Crippen molar-refractivity contribution < 1.29 is 18.3 Å². The van der Waals surface area contributed by atoms with Crippen LogP contribution in [-0.2, 0) is 11.2 Å². The molecule has 0 aliphatic rings. The third kappa shape index (κ3) is 5.22. The number of anilines is 1. The molecule has 2 aromatic carbocycles. The molecular formula is C18H20F2N2O2. The first-order chi connectivity index (χ1) is 11.6. The largest absolute Gasteiger partial charge is 0.496 e. The van der Waals surface area contributed by atoms with Crippen molar-refractivity contribution in [2.45, 2.75) is 12.8 Å². The van der Waals surface area contributed by atoms with Gasteiger partial charge in [-0.05, 0) is 30.2 Å². The monoisotopic (exact) mass is 334 g/mol. The summed E-state index contributed by atoms with van der Waals surface area (Å²) in [6, 6.07) is 10.9. The molecule has 6 heteroatoms. The van der Waals surface area contributed by atoms with Crippen molar-refractivity contribution in [1.82, 2.24) is 5.32 Å². The maximum Gasteiger partial charge on any atom is 0.221 e. The molecule has 0 saturated carbocycles. The van der Waals surface area contributed by atoms with Crippen molar-refractivity contribution in [2.75, 3.05) is 25.5 Å². The Morgan fingerprint density at radius 1 is 1.12 bits per heavy atom. The Labute approximate surface area is 139 Å². The van der Waals surface area contributed by atoms with Crippen LogP contribution >= 0.6 is 0 Å². The summed E-state index contributed by atoms with van der Waals surface area (Å²) in [5, 5.41) is 5.58. The smallest absolute Gasteiger partial charge is 0.221 e. The molecule has 1 amide bonds. The standard InChI is InChI=1S/C18H20F2N2O2/c1-24-17-5-3-2-4-13(17)8-10-22-18(23)9-11-21-16-7-6-14(19)12-15(16)20/h2-7,12,21H,8-11H2,1H3,(H,22,23). The minimum Gasteiger partial charge on any atom is -0.496 e. The van der Waals surface area contributed by atoms with E-state index in [1.807, 2.05) is 24.3 Å². The number of halogens is 2. The molecule has 128 valence electrons. The summed E-state index contributed by atoms with van der Waals surface area (Å²) in [7, 11) is 1.61. The third-order valence-corrected chi connectivity index (χ3v) is 3.51. The zero-order valence-electron chi connectivity index (χ0n) is 13.4. The van der Waals surface area contributed by atoms with Gasteiger partial charge >= 0.3 is 0 Å². The second-order valence-electron chi connectivity index (χ2n) is 5.21. The Morgan fingerprint density at radius 2 is 1.92 bits per heavy atom. The van der Waals surface area contributed by atoms with Crippen molar-refractivity contribution in [2.24, 2.45) is 0 Å². The number of carbonyl (C=O) groups is 1. The van der Waals surface area contributed by atoms with Gasteiger partial charge in [-0.25, -0.2) is 8.78 Å². The van der Waals surface area contributed by atoms with Crippen LogP contribution in [0.3, 0.4) is 0 Å². The Hall–Kier alpha value is -2.63. The molecule has 0 fully saturated rings. The highest BCUT2D eigenvalue weighted by atomic mass is 19.1. The second kappa shape index (κ2) is 8.86. The number of hydrogen-bond donors (Lipinski definition) is 2. The van der Waals surface area contributed by atoms with Crippen molar-refractivity contribution in [3.63, 3.8) is 0 Å². The van der Waals surface area contributed by atoms with E-state index in [0.717, 1.165) is 17.4 Å². The van der Waals surface area contributed by atoms with E-state index < -0.39 is 11.6 Å². The predicted octanol–water partition coefficient (Wildman–Crippen LogP) is 3.13. The van der Waals surface area contributed by atoms with E-state index >= 15 is 0 Å². The maximum absolute atomic E-state index is 13.4. The highest BCUT2D eigenvalue weighted by molar-refractivity contribution is 5.76. The highest BCUT2D eigenvalue weighted by Crippen LogP contribution is 2.17. The predicted molar refractivity (Wildman–Crippen MR) is 89.2 cm³/mol. The van der Waals surface area contributed by atoms with Crippen molar-refractivity contribution >= 4 is 11.6 Å². The van der Waals surface area contributed by atoms with Crippen LogP contribution < -0.4 is 15.4 Å². The summed E-state index contributed by atoms with van der Waals surface area (Å²) in [6.07, 6.45) is 0.860. The number of methoxy groups -OCH3 is 1. The van der Waals surface area contributed by atoms with E-state index in [1.54, 1.807) is 7.11 Å². The van der Waals surface area contributed by atoms with Crippen molar-refractivity contribution in [3.8, 4) is 5.75 Å². The number of benzene rings is 2. The lowest BCUT2D eigenvalue weighted by molar-refractivity contribution is -0.120. The number of amides is 1. The molecule has 2 aromatic rings. The molecule has 2 N–H and O–H groups in total. The minimum atomic E-state index is -0.674. The van der Waals surface area contributed by atoms with Gasteiger partial charge < -0.3 is 15.4 Å². The van der Waals surface area contributed by atoms with Crippen LogP contribution in [0.1, 0.15) is 12.0 Å². The van der Waals surface area contributed by atoms with Gasteiger partial charge in [0.2, 0.25) is 5.91 Å². The summed E-state index contributed by atoms with van der Waals surface area (Å²) in [5.74, 6) is -0.654. The number of hydrogen-bond acceptors (Lipinski definition) is 3. The van der Waals surface area contributed by atoms with Gasteiger partial charge in [0.05, 0.1) is 12.8 Å². The summed E-state index contributed by atoms with van der Waals surface area (Å²) >= 11 is 0. The molecule has 0 radical (unpaired) electrons. The van der Waals surface area contributed by atoms with Gasteiger partial charge in [-0.15, -0.1) is 0 Å². The summed E-state index contributed by atoms with van der Waals surface area (Å²) in [5.41, 5.74) is 1.20. The number of para-hydroxylation sites is 1. The molecular weight excluding hydrogens is 314 g/mol. The van der Waals surface area contributed by atoms with Crippen LogP contribution in [0.25, 0.3) is 0 Å². The molecule has 0 bridgehead atoms. The molecule has 0 saturated heterocycles. The normalized spacial score (nSPS) is 10.3. The number of nitrogens with one attached hydrogen (secondary N) is 2. The fourth-order valence-electron chi connectivity index (χ4n) is 2.28. The van der Waals surface area contributed by atoms with Crippen molar-refractivity contribution in [3.05, 3.63) is 59.7 Å². The zero-order valence-corrected chi connectivity index (χ0v) is 13.4. The first-order valence-electron chi connectivity index (χ1n) is 7.67. The quantitative estimate of drug-likeness (QED) is 0.780. The third-order valence-electron chi connectivity index (χ3n) is 3.51. The molecule has 0 spiro atoms. The van der Waals surface area contributed by atoms with Gasteiger partial charge in [-0.2, -0.15) is 0 Å². The lowest BCUT2D eigenvalue weighted by Gasteiger charge is -2.10. The van der Waals surface area contributed by atoms with E-state index in [4.69, 9.17) is 4.74 Å². The van der Waals surface area contributed by atoms with Crippen LogP contribution in [0, 0.1) is 11.6 Å². The summed E-state index contributed by atoms with van der Waals surface area (Å²) in [6.45, 7) is 0.757. The van der Waals surface area contributed by atoms with Crippen LogP contribution in [0.4, 0.5) is 14.5 Å². The zero-order chi connectivity index (χ0) is 17.4. The van der Waals surface area contributed by atoms with Crippen LogP contribution in [0.2, 0.25) is 0 Å². The van der Waals surface area contributed by atoms with Gasteiger partial charge in [-0.1, -0.05) is 18.2 Å². The molecule has 2 rings (SSSR count). The Balaban J connectivity index is 1.70. The van der Waals surface area contributed by atoms with Gasteiger partial charge in [-0.3, -0.25) is 4.79 Å². The van der Waals surface area contributed by atoms with Gasteiger partial charge in [0.1, 0.15) is 17.4 Å². The Bertz CT molecular complexity index is 692. The van der Waals surface area contributed by atoms with Gasteiger partial charge in [0.25, 0.3) is 0 Å². The number of carbonyl (C=O) groups excluding carboxylic acids is 1. The Kier molecular flexibility index (Phi) is 6.54. The van der Waals surface area contributed by atoms with E-state index in [1.165, 1.54) is 12.1 Å². The molecule has 0 unspecified atom stereocenters.